The standard InChI is InChI=1S/C18H22FN3O/c1-2-16(14-6-3-4-8-17(14)23)21-13-9-11-22(12-13)18-15(19)7-5-10-20-18/h3-8,10,13,16,21,23H,2,9,11-12H2,1H3/t13-,16-/m1/s1. The van der Waals surface area contributed by atoms with E-state index in [-0.39, 0.29) is 17.9 Å². The predicted molar refractivity (Wildman–Crippen MR) is 89.1 cm³/mol. The van der Waals surface area contributed by atoms with Crippen molar-refractivity contribution in [1.82, 2.24) is 10.3 Å². The fraction of sp³-hybridized carbons (Fsp3) is 0.389. The van der Waals surface area contributed by atoms with Gasteiger partial charge in [-0.15, -0.1) is 0 Å². The molecule has 23 heavy (non-hydrogen) atoms. The second kappa shape index (κ2) is 6.96. The number of nitrogens with one attached hydrogen (secondary N) is 1. The van der Waals surface area contributed by atoms with E-state index >= 15 is 0 Å². The molecule has 2 N–H and O–H groups in total. The van der Waals surface area contributed by atoms with Crippen molar-refractivity contribution in [1.29, 1.82) is 0 Å². The minimum Gasteiger partial charge on any atom is -0.508 e. The molecule has 0 unspecified atom stereocenters. The largest absolute Gasteiger partial charge is 0.508 e. The van der Waals surface area contributed by atoms with E-state index < -0.39 is 0 Å². The summed E-state index contributed by atoms with van der Waals surface area (Å²) < 4.78 is 13.9. The Morgan fingerprint density at radius 3 is 2.91 bits per heavy atom. The average Bonchev–Trinajstić information content (AvgIpc) is 3.02. The van der Waals surface area contributed by atoms with Crippen LogP contribution in [0.2, 0.25) is 0 Å². The van der Waals surface area contributed by atoms with Crippen molar-refractivity contribution in [2.24, 2.45) is 0 Å². The van der Waals surface area contributed by atoms with Crippen LogP contribution in [-0.2, 0) is 0 Å². The third-order valence-corrected chi connectivity index (χ3v) is 4.38. The Morgan fingerprint density at radius 2 is 2.17 bits per heavy atom. The Morgan fingerprint density at radius 1 is 1.35 bits per heavy atom. The summed E-state index contributed by atoms with van der Waals surface area (Å²) in [6.07, 6.45) is 3.43. The van der Waals surface area contributed by atoms with Gasteiger partial charge in [0.25, 0.3) is 0 Å². The number of anilines is 1. The number of phenols is 1. The number of hydrogen-bond donors (Lipinski definition) is 2. The van der Waals surface area contributed by atoms with Gasteiger partial charge < -0.3 is 15.3 Å². The molecule has 1 aromatic carbocycles. The van der Waals surface area contributed by atoms with Crippen molar-refractivity contribution < 1.29 is 9.50 Å². The number of hydrogen-bond acceptors (Lipinski definition) is 4. The molecule has 1 aliphatic heterocycles. The number of nitrogens with zero attached hydrogens (tertiary/aromatic N) is 2. The number of pyridine rings is 1. The Balaban J connectivity index is 1.67. The Hall–Kier alpha value is -2.14. The minimum atomic E-state index is -0.277. The molecular formula is C18H22FN3O. The van der Waals surface area contributed by atoms with Gasteiger partial charge in [0.2, 0.25) is 0 Å². The van der Waals surface area contributed by atoms with Gasteiger partial charge in [-0.2, -0.15) is 0 Å². The first-order valence-electron chi connectivity index (χ1n) is 8.08. The van der Waals surface area contributed by atoms with Gasteiger partial charge in [-0.05, 0) is 31.0 Å². The second-order valence-corrected chi connectivity index (χ2v) is 5.93. The Labute approximate surface area is 136 Å². The highest BCUT2D eigenvalue weighted by Gasteiger charge is 2.27. The summed E-state index contributed by atoms with van der Waals surface area (Å²) in [4.78, 5) is 6.13. The first-order valence-corrected chi connectivity index (χ1v) is 8.08. The number of aromatic hydroxyl groups is 1. The van der Waals surface area contributed by atoms with Crippen LogP contribution in [0.25, 0.3) is 0 Å². The Bertz CT molecular complexity index is 664. The average molecular weight is 315 g/mol. The quantitative estimate of drug-likeness (QED) is 0.889. The lowest BCUT2D eigenvalue weighted by Gasteiger charge is -2.24. The molecule has 0 saturated carbocycles. The molecule has 0 bridgehead atoms. The van der Waals surface area contributed by atoms with Crippen LogP contribution < -0.4 is 10.2 Å². The molecule has 1 fully saturated rings. The highest BCUT2D eigenvalue weighted by Crippen LogP contribution is 2.28. The number of benzene rings is 1. The normalized spacial score (nSPS) is 19.0. The van der Waals surface area contributed by atoms with Crippen LogP contribution in [-0.4, -0.2) is 29.2 Å². The maximum atomic E-state index is 13.9. The first kappa shape index (κ1) is 15.7. The van der Waals surface area contributed by atoms with Crippen LogP contribution in [0.15, 0.2) is 42.6 Å². The van der Waals surface area contributed by atoms with Gasteiger partial charge in [0.1, 0.15) is 5.75 Å². The number of phenolic OH excluding ortho intramolecular Hbond substituents is 1. The molecule has 1 aromatic heterocycles. The predicted octanol–water partition coefficient (Wildman–Crippen LogP) is 3.25. The van der Waals surface area contributed by atoms with Crippen LogP contribution in [0.4, 0.5) is 10.2 Å². The lowest BCUT2D eigenvalue weighted by Crippen LogP contribution is -2.35. The topological polar surface area (TPSA) is 48.4 Å². The van der Waals surface area contributed by atoms with E-state index in [1.54, 1.807) is 18.3 Å². The van der Waals surface area contributed by atoms with E-state index in [2.05, 4.69) is 17.2 Å². The minimum absolute atomic E-state index is 0.0923. The molecule has 0 aliphatic carbocycles. The monoisotopic (exact) mass is 315 g/mol. The van der Waals surface area contributed by atoms with Crippen LogP contribution in [0.3, 0.4) is 0 Å². The molecule has 4 nitrogen and oxygen atoms in total. The van der Waals surface area contributed by atoms with E-state index in [1.807, 2.05) is 23.1 Å². The van der Waals surface area contributed by atoms with Crippen LogP contribution in [0, 0.1) is 5.82 Å². The number of para-hydroxylation sites is 1. The van der Waals surface area contributed by atoms with Crippen molar-refractivity contribution in [3.8, 4) is 5.75 Å². The van der Waals surface area contributed by atoms with E-state index in [4.69, 9.17) is 0 Å². The van der Waals surface area contributed by atoms with E-state index in [0.29, 0.717) is 11.6 Å². The zero-order valence-corrected chi connectivity index (χ0v) is 13.2. The summed E-state index contributed by atoms with van der Waals surface area (Å²) in [5, 5.41) is 13.6. The van der Waals surface area contributed by atoms with Gasteiger partial charge in [-0.1, -0.05) is 25.1 Å². The lowest BCUT2D eigenvalue weighted by atomic mass is 10.0. The second-order valence-electron chi connectivity index (χ2n) is 5.93. The lowest BCUT2D eigenvalue weighted by molar-refractivity contribution is 0.415. The van der Waals surface area contributed by atoms with Gasteiger partial charge in [0, 0.05) is 36.9 Å². The fourth-order valence-corrected chi connectivity index (χ4v) is 3.19. The molecule has 2 aromatic rings. The molecule has 1 aliphatic rings. The summed E-state index contributed by atoms with van der Waals surface area (Å²) in [6.45, 7) is 3.59. The molecular weight excluding hydrogens is 293 g/mol. The van der Waals surface area contributed by atoms with Gasteiger partial charge >= 0.3 is 0 Å². The summed E-state index contributed by atoms with van der Waals surface area (Å²) >= 11 is 0. The summed E-state index contributed by atoms with van der Waals surface area (Å²) in [6, 6.07) is 10.8. The van der Waals surface area contributed by atoms with Gasteiger partial charge in [0.15, 0.2) is 11.6 Å². The number of rotatable bonds is 5. The number of aromatic nitrogens is 1. The van der Waals surface area contributed by atoms with Gasteiger partial charge in [-0.25, -0.2) is 9.37 Å². The Kier molecular flexibility index (Phi) is 4.76. The molecule has 0 amide bonds. The number of halogens is 1. The summed E-state index contributed by atoms with van der Waals surface area (Å²) in [7, 11) is 0. The van der Waals surface area contributed by atoms with Gasteiger partial charge in [0.05, 0.1) is 0 Å². The molecule has 3 rings (SSSR count). The maximum absolute atomic E-state index is 13.9. The molecule has 2 heterocycles. The molecule has 5 heteroatoms. The third kappa shape index (κ3) is 3.45. The summed E-state index contributed by atoms with van der Waals surface area (Å²) in [5.74, 6) is 0.464. The SMILES string of the molecule is CC[C@@H](N[C@@H]1CCN(c2ncccc2F)C1)c1ccccc1O. The van der Waals surface area contributed by atoms with Crippen molar-refractivity contribution in [2.45, 2.75) is 31.8 Å². The van der Waals surface area contributed by atoms with Crippen LogP contribution in [0.1, 0.15) is 31.4 Å². The van der Waals surface area contributed by atoms with E-state index in [9.17, 15) is 9.50 Å². The van der Waals surface area contributed by atoms with Crippen molar-refractivity contribution in [3.05, 3.63) is 54.0 Å². The first-order chi connectivity index (χ1) is 11.2. The maximum Gasteiger partial charge on any atom is 0.165 e. The van der Waals surface area contributed by atoms with E-state index in [1.165, 1.54) is 6.07 Å². The summed E-state index contributed by atoms with van der Waals surface area (Å²) in [5.41, 5.74) is 0.914. The van der Waals surface area contributed by atoms with Crippen molar-refractivity contribution in [2.75, 3.05) is 18.0 Å². The zero-order chi connectivity index (χ0) is 16.2. The third-order valence-electron chi connectivity index (χ3n) is 4.38. The van der Waals surface area contributed by atoms with Crippen LogP contribution >= 0.6 is 0 Å². The zero-order valence-electron chi connectivity index (χ0n) is 13.2. The molecule has 2 atom stereocenters. The molecule has 1 saturated heterocycles. The van der Waals surface area contributed by atoms with Crippen LogP contribution in [0.5, 0.6) is 5.75 Å². The smallest absolute Gasteiger partial charge is 0.165 e. The highest BCUT2D eigenvalue weighted by molar-refractivity contribution is 5.41. The highest BCUT2D eigenvalue weighted by atomic mass is 19.1. The van der Waals surface area contributed by atoms with Gasteiger partial charge in [-0.3, -0.25) is 0 Å². The molecule has 122 valence electrons. The molecule has 0 spiro atoms. The molecule has 0 radical (unpaired) electrons. The van der Waals surface area contributed by atoms with Crippen molar-refractivity contribution in [3.63, 3.8) is 0 Å². The van der Waals surface area contributed by atoms with E-state index in [0.717, 1.165) is 31.5 Å². The fourth-order valence-electron chi connectivity index (χ4n) is 3.19. The van der Waals surface area contributed by atoms with Crippen molar-refractivity contribution >= 4 is 5.82 Å².